The summed E-state index contributed by atoms with van der Waals surface area (Å²) in [6, 6.07) is 7.76. The van der Waals surface area contributed by atoms with Crippen LogP contribution in [0.25, 0.3) is 10.2 Å². The van der Waals surface area contributed by atoms with E-state index in [1.54, 1.807) is 0 Å². The molecule has 5 nitrogen and oxygen atoms in total. The summed E-state index contributed by atoms with van der Waals surface area (Å²) in [5, 5.41) is 8.91. The lowest BCUT2D eigenvalue weighted by molar-refractivity contribution is -0.138. The molecule has 0 bridgehead atoms. The zero-order valence-corrected chi connectivity index (χ0v) is 16.2. The summed E-state index contributed by atoms with van der Waals surface area (Å²) >= 11 is 2.41. The van der Waals surface area contributed by atoms with Gasteiger partial charge >= 0.3 is 5.97 Å². The number of halogens is 2. The van der Waals surface area contributed by atoms with Crippen LogP contribution in [0.3, 0.4) is 0 Å². The molecule has 3 aromatic rings. The number of hydrogen-bond acceptors (Lipinski definition) is 5. The number of fused-ring (bicyclic) bond motifs is 2. The fraction of sp³-hybridized carbons (Fsp3) is 0.211. The van der Waals surface area contributed by atoms with Gasteiger partial charge in [0.1, 0.15) is 5.01 Å². The molecule has 1 aliphatic rings. The number of amides is 1. The van der Waals surface area contributed by atoms with Crippen LogP contribution in [-0.4, -0.2) is 27.2 Å². The van der Waals surface area contributed by atoms with Crippen LogP contribution in [0.1, 0.15) is 17.0 Å². The Morgan fingerprint density at radius 1 is 1.25 bits per heavy atom. The molecule has 4 rings (SSSR count). The number of aromatic nitrogens is 1. The molecule has 2 heterocycles. The minimum Gasteiger partial charge on any atom is -0.481 e. The van der Waals surface area contributed by atoms with Crippen LogP contribution in [0, 0.1) is 18.6 Å². The van der Waals surface area contributed by atoms with Crippen molar-refractivity contribution in [2.45, 2.75) is 30.0 Å². The van der Waals surface area contributed by atoms with Crippen molar-refractivity contribution in [2.24, 2.45) is 0 Å². The molecule has 0 saturated carbocycles. The van der Waals surface area contributed by atoms with E-state index < -0.39 is 22.9 Å². The molecule has 9 heteroatoms. The summed E-state index contributed by atoms with van der Waals surface area (Å²) in [6.07, 6.45) is -0.288. The standard InChI is InChI=1S/C19H14F2N2O3S2/c1-9-2-3-14-13(4-9)23(19(26)16(27-14)7-18(24)25)8-17-22-12-5-10(20)11(21)6-15(12)28-17/h2-6,16H,7-8H2,1H3,(H,24,25). The van der Waals surface area contributed by atoms with Crippen LogP contribution in [-0.2, 0) is 16.1 Å². The maximum absolute atomic E-state index is 13.5. The highest BCUT2D eigenvalue weighted by Crippen LogP contribution is 2.42. The van der Waals surface area contributed by atoms with E-state index in [1.807, 2.05) is 25.1 Å². The molecule has 0 aliphatic carbocycles. The Balaban J connectivity index is 1.73. The Labute approximate surface area is 167 Å². The van der Waals surface area contributed by atoms with Crippen LogP contribution >= 0.6 is 23.1 Å². The van der Waals surface area contributed by atoms with Gasteiger partial charge in [0.2, 0.25) is 5.91 Å². The molecule has 0 radical (unpaired) electrons. The van der Waals surface area contributed by atoms with Gasteiger partial charge in [0, 0.05) is 11.0 Å². The fourth-order valence-electron chi connectivity index (χ4n) is 3.06. The number of benzene rings is 2. The van der Waals surface area contributed by atoms with Gasteiger partial charge in [-0.1, -0.05) is 6.07 Å². The Bertz CT molecular complexity index is 1080. The molecule has 1 aliphatic heterocycles. The molecule has 1 N–H and O–H groups in total. The summed E-state index contributed by atoms with van der Waals surface area (Å²) < 4.78 is 27.4. The van der Waals surface area contributed by atoms with Crippen LogP contribution < -0.4 is 4.90 Å². The van der Waals surface area contributed by atoms with Crippen molar-refractivity contribution in [2.75, 3.05) is 4.90 Å². The predicted octanol–water partition coefficient (Wildman–Crippen LogP) is 4.37. The number of hydrogen-bond donors (Lipinski definition) is 1. The van der Waals surface area contributed by atoms with Gasteiger partial charge in [-0.05, 0) is 30.7 Å². The monoisotopic (exact) mass is 420 g/mol. The Morgan fingerprint density at radius 2 is 2.00 bits per heavy atom. The average molecular weight is 420 g/mol. The summed E-state index contributed by atoms with van der Waals surface area (Å²) in [6.45, 7) is 2.01. The summed E-state index contributed by atoms with van der Waals surface area (Å²) in [5.74, 6) is -3.29. The van der Waals surface area contributed by atoms with Crippen molar-refractivity contribution in [3.63, 3.8) is 0 Å². The minimum atomic E-state index is -1.05. The van der Waals surface area contributed by atoms with E-state index >= 15 is 0 Å². The van der Waals surface area contributed by atoms with E-state index in [-0.39, 0.29) is 18.9 Å². The van der Waals surface area contributed by atoms with Crippen LogP contribution in [0.5, 0.6) is 0 Å². The second kappa shape index (κ2) is 7.14. The zero-order chi connectivity index (χ0) is 20.0. The predicted molar refractivity (Wildman–Crippen MR) is 104 cm³/mol. The number of carboxylic acid groups (broad SMARTS) is 1. The smallest absolute Gasteiger partial charge is 0.305 e. The van der Waals surface area contributed by atoms with Crippen LogP contribution in [0.15, 0.2) is 35.2 Å². The van der Waals surface area contributed by atoms with Gasteiger partial charge < -0.3 is 10.0 Å². The SMILES string of the molecule is Cc1ccc2c(c1)N(Cc1nc3cc(F)c(F)cc3s1)C(=O)C(CC(=O)O)S2. The second-order valence-electron chi connectivity index (χ2n) is 6.44. The molecule has 0 spiro atoms. The topological polar surface area (TPSA) is 70.5 Å². The molecule has 0 saturated heterocycles. The second-order valence-corrected chi connectivity index (χ2v) is 8.80. The number of aliphatic carboxylic acids is 1. The van der Waals surface area contributed by atoms with Gasteiger partial charge in [-0.2, -0.15) is 0 Å². The third-order valence-electron chi connectivity index (χ3n) is 4.34. The number of rotatable bonds is 4. The van der Waals surface area contributed by atoms with E-state index in [0.29, 0.717) is 20.9 Å². The molecule has 1 atom stereocenters. The molecule has 1 amide bonds. The van der Waals surface area contributed by atoms with Crippen molar-refractivity contribution in [3.05, 3.63) is 52.5 Å². The van der Waals surface area contributed by atoms with Crippen molar-refractivity contribution in [1.29, 1.82) is 0 Å². The van der Waals surface area contributed by atoms with Gasteiger partial charge in [-0.25, -0.2) is 13.8 Å². The van der Waals surface area contributed by atoms with E-state index in [2.05, 4.69) is 4.98 Å². The van der Waals surface area contributed by atoms with Crippen LogP contribution in [0.2, 0.25) is 0 Å². The van der Waals surface area contributed by atoms with E-state index in [4.69, 9.17) is 5.11 Å². The molecule has 144 valence electrons. The first-order valence-corrected chi connectivity index (χ1v) is 10.1. The van der Waals surface area contributed by atoms with Crippen molar-refractivity contribution in [1.82, 2.24) is 4.98 Å². The summed E-state index contributed by atoms with van der Waals surface area (Å²) in [4.78, 5) is 30.8. The number of aryl methyl sites for hydroxylation is 1. The maximum Gasteiger partial charge on any atom is 0.305 e. The number of thiazole rings is 1. The lowest BCUT2D eigenvalue weighted by Crippen LogP contribution is -2.41. The molecule has 2 aromatic carbocycles. The lowest BCUT2D eigenvalue weighted by atomic mass is 10.1. The molecule has 1 unspecified atom stereocenters. The Morgan fingerprint density at radius 3 is 2.75 bits per heavy atom. The number of carbonyl (C=O) groups excluding carboxylic acids is 1. The molecule has 1 aromatic heterocycles. The van der Waals surface area contributed by atoms with E-state index in [1.165, 1.54) is 28.0 Å². The largest absolute Gasteiger partial charge is 0.481 e. The van der Waals surface area contributed by atoms with Gasteiger partial charge in [-0.15, -0.1) is 23.1 Å². The number of nitrogens with zero attached hydrogens (tertiary/aromatic N) is 2. The highest BCUT2D eigenvalue weighted by Gasteiger charge is 2.35. The average Bonchev–Trinajstić information content (AvgIpc) is 3.00. The quantitative estimate of drug-likeness (QED) is 0.679. The molecular formula is C19H14F2N2O3S2. The first-order valence-electron chi connectivity index (χ1n) is 8.37. The molecule has 0 fully saturated rings. The van der Waals surface area contributed by atoms with Crippen molar-refractivity contribution in [3.8, 4) is 0 Å². The van der Waals surface area contributed by atoms with Gasteiger partial charge in [-0.3, -0.25) is 9.59 Å². The summed E-state index contributed by atoms with van der Waals surface area (Å²) in [5.41, 5.74) is 1.97. The molecule has 28 heavy (non-hydrogen) atoms. The summed E-state index contributed by atoms with van der Waals surface area (Å²) in [7, 11) is 0. The highest BCUT2D eigenvalue weighted by molar-refractivity contribution is 8.01. The Hall–Kier alpha value is -2.52. The van der Waals surface area contributed by atoms with Crippen molar-refractivity contribution < 1.29 is 23.5 Å². The number of carboxylic acids is 1. The van der Waals surface area contributed by atoms with Crippen LogP contribution in [0.4, 0.5) is 14.5 Å². The number of anilines is 1. The first kappa shape index (κ1) is 18.8. The minimum absolute atomic E-state index is 0.106. The highest BCUT2D eigenvalue weighted by atomic mass is 32.2. The van der Waals surface area contributed by atoms with Gasteiger partial charge in [0.05, 0.1) is 34.1 Å². The van der Waals surface area contributed by atoms with Crippen molar-refractivity contribution >= 4 is 50.9 Å². The third-order valence-corrected chi connectivity index (χ3v) is 6.60. The van der Waals surface area contributed by atoms with E-state index in [9.17, 15) is 18.4 Å². The van der Waals surface area contributed by atoms with E-state index in [0.717, 1.165) is 22.6 Å². The van der Waals surface area contributed by atoms with Gasteiger partial charge in [0.15, 0.2) is 11.6 Å². The third kappa shape index (κ3) is 3.47. The maximum atomic E-state index is 13.5. The Kier molecular flexibility index (Phi) is 4.80. The molecular weight excluding hydrogens is 406 g/mol. The number of thioether (sulfide) groups is 1. The number of carbonyl (C=O) groups is 2. The fourth-order valence-corrected chi connectivity index (χ4v) is 5.22. The normalized spacial score (nSPS) is 16.5. The zero-order valence-electron chi connectivity index (χ0n) is 14.6. The first-order chi connectivity index (χ1) is 13.3. The van der Waals surface area contributed by atoms with Gasteiger partial charge in [0.25, 0.3) is 0 Å². The lowest BCUT2D eigenvalue weighted by Gasteiger charge is -2.33.